The van der Waals surface area contributed by atoms with Crippen LogP contribution >= 0.6 is 34.8 Å². The normalized spacial score (nSPS) is 23.5. The number of aromatic amines is 1. The minimum absolute atomic E-state index is 0.00636. The maximum absolute atomic E-state index is 16.0. The zero-order valence-corrected chi connectivity index (χ0v) is 25.6. The van der Waals surface area contributed by atoms with Gasteiger partial charge in [0, 0.05) is 18.3 Å². The Morgan fingerprint density at radius 2 is 1.86 bits per heavy atom. The SMILES string of the molecule is CCc1cn([C@@H]2O[C@H](CNC(=O)[C@H](C)Oc3c(Cl)cc(Cl)c(OC)c3Cl)[C@](O)(C(=O)[C@@H](N)C(C)C)[C@H]2F)c(=O)[nH]c1=O. The van der Waals surface area contributed by atoms with E-state index in [0.717, 1.165) is 10.8 Å². The van der Waals surface area contributed by atoms with Gasteiger partial charge in [0.25, 0.3) is 11.5 Å². The first kappa shape index (κ1) is 33.8. The summed E-state index contributed by atoms with van der Waals surface area (Å²) in [5.41, 5.74) is 1.56. The fourth-order valence-electron chi connectivity index (χ4n) is 4.40. The number of aryl methyl sites for hydroxylation is 1. The topological polar surface area (TPSA) is 175 Å². The average Bonchev–Trinajstić information content (AvgIpc) is 3.19. The summed E-state index contributed by atoms with van der Waals surface area (Å²) in [5, 5.41) is 14.0. The van der Waals surface area contributed by atoms with E-state index in [1.165, 1.54) is 20.1 Å². The molecule has 12 nitrogen and oxygen atoms in total. The average molecular weight is 654 g/mol. The van der Waals surface area contributed by atoms with E-state index >= 15 is 4.39 Å². The molecule has 1 aliphatic rings. The summed E-state index contributed by atoms with van der Waals surface area (Å²) < 4.78 is 33.2. The van der Waals surface area contributed by atoms with Gasteiger partial charge in [-0.3, -0.25) is 23.9 Å². The summed E-state index contributed by atoms with van der Waals surface area (Å²) in [6, 6.07) is 0.00684. The molecule has 1 aromatic carbocycles. The number of carbonyl (C=O) groups is 2. The molecule has 0 radical (unpaired) electrons. The number of ether oxygens (including phenoxy) is 3. The number of alkyl halides is 1. The molecule has 1 aliphatic heterocycles. The van der Waals surface area contributed by atoms with E-state index in [4.69, 9.17) is 54.7 Å². The van der Waals surface area contributed by atoms with E-state index in [0.29, 0.717) is 0 Å². The van der Waals surface area contributed by atoms with Crippen molar-refractivity contribution in [3.63, 3.8) is 0 Å². The van der Waals surface area contributed by atoms with Crippen LogP contribution in [0.3, 0.4) is 0 Å². The van der Waals surface area contributed by atoms with Crippen molar-refractivity contribution in [1.29, 1.82) is 0 Å². The molecular weight excluding hydrogens is 622 g/mol. The molecule has 1 saturated heterocycles. The van der Waals surface area contributed by atoms with Crippen LogP contribution in [0.5, 0.6) is 11.5 Å². The van der Waals surface area contributed by atoms with E-state index < -0.39 is 71.7 Å². The highest BCUT2D eigenvalue weighted by Gasteiger charge is 2.63. The van der Waals surface area contributed by atoms with Crippen LogP contribution in [0.1, 0.15) is 39.5 Å². The molecular formula is C26H32Cl3FN4O8. The molecule has 1 fully saturated rings. The molecule has 0 saturated carbocycles. The van der Waals surface area contributed by atoms with Gasteiger partial charge in [0.2, 0.25) is 0 Å². The Morgan fingerprint density at radius 3 is 2.43 bits per heavy atom. The van der Waals surface area contributed by atoms with Gasteiger partial charge in [-0.15, -0.1) is 0 Å². The van der Waals surface area contributed by atoms with Gasteiger partial charge in [-0.25, -0.2) is 9.18 Å². The number of benzene rings is 1. The Kier molecular flexibility index (Phi) is 10.7. The number of aromatic nitrogens is 2. The first-order valence-corrected chi connectivity index (χ1v) is 14.0. The van der Waals surface area contributed by atoms with Crippen LogP contribution in [0.15, 0.2) is 21.9 Å². The fourth-order valence-corrected chi connectivity index (χ4v) is 5.40. The summed E-state index contributed by atoms with van der Waals surface area (Å²) in [4.78, 5) is 53.0. The number of nitrogens with two attached hydrogens (primary N) is 1. The van der Waals surface area contributed by atoms with Gasteiger partial charge >= 0.3 is 5.69 Å². The molecule has 1 amide bonds. The number of Topliss-reactive ketones (excluding diaryl/α,β-unsaturated/α-hetero) is 1. The maximum atomic E-state index is 16.0. The number of methoxy groups -OCH3 is 1. The number of hydrogen-bond donors (Lipinski definition) is 4. The number of ketones is 1. The Bertz CT molecular complexity index is 1470. The Hall–Kier alpha value is -2.68. The maximum Gasteiger partial charge on any atom is 0.330 e. The highest BCUT2D eigenvalue weighted by Crippen LogP contribution is 2.45. The standard InChI is InChI=1S/C26H32Cl3FN4O8/c1-6-12-9-34(25(38)33-23(12)37)24-20(30)26(39,21(35)17(31)10(2)3)15(42-24)8-32-22(36)11(4)41-19-14(28)7-13(27)18(40-5)16(19)29/h7,9-11,15,17,20,24,39H,6,8,31H2,1-5H3,(H,32,36)(H,33,37,38)/t11-,15+,17-,20-,24+,26+/m0/s1. The van der Waals surface area contributed by atoms with Crippen molar-refractivity contribution in [3.8, 4) is 11.5 Å². The predicted molar refractivity (Wildman–Crippen MR) is 153 cm³/mol. The third kappa shape index (κ3) is 6.31. The van der Waals surface area contributed by atoms with Gasteiger partial charge in [0.15, 0.2) is 41.4 Å². The van der Waals surface area contributed by atoms with Crippen LogP contribution < -0.4 is 31.8 Å². The van der Waals surface area contributed by atoms with Crippen LogP contribution in [0.25, 0.3) is 0 Å². The lowest BCUT2D eigenvalue weighted by Gasteiger charge is -2.32. The van der Waals surface area contributed by atoms with Gasteiger partial charge in [-0.1, -0.05) is 55.6 Å². The van der Waals surface area contributed by atoms with Gasteiger partial charge < -0.3 is 30.4 Å². The first-order chi connectivity index (χ1) is 19.6. The van der Waals surface area contributed by atoms with Crippen molar-refractivity contribution in [2.75, 3.05) is 13.7 Å². The number of hydrogen-bond acceptors (Lipinski definition) is 9. The molecule has 6 atom stereocenters. The Morgan fingerprint density at radius 1 is 1.24 bits per heavy atom. The van der Waals surface area contributed by atoms with Gasteiger partial charge in [0.05, 0.1) is 23.2 Å². The van der Waals surface area contributed by atoms with Gasteiger partial charge in [0.1, 0.15) is 11.1 Å². The Labute approximate surface area is 255 Å². The van der Waals surface area contributed by atoms with E-state index in [1.807, 2.05) is 0 Å². The van der Waals surface area contributed by atoms with Crippen molar-refractivity contribution in [1.82, 2.24) is 14.9 Å². The molecule has 5 N–H and O–H groups in total. The quantitative estimate of drug-likeness (QED) is 0.283. The zero-order chi connectivity index (χ0) is 31.7. The third-order valence-electron chi connectivity index (χ3n) is 6.99. The first-order valence-electron chi connectivity index (χ1n) is 12.9. The smallest absolute Gasteiger partial charge is 0.330 e. The molecule has 0 aliphatic carbocycles. The van der Waals surface area contributed by atoms with Crippen molar-refractivity contribution in [3.05, 3.63) is 53.7 Å². The molecule has 232 valence electrons. The van der Waals surface area contributed by atoms with E-state index in [-0.39, 0.29) is 38.6 Å². The number of carbonyl (C=O) groups excluding carboxylic acids is 2. The molecule has 1 aromatic heterocycles. The highest BCUT2D eigenvalue weighted by molar-refractivity contribution is 6.42. The molecule has 16 heteroatoms. The summed E-state index contributed by atoms with van der Waals surface area (Å²) in [5.74, 6) is -2.39. The van der Waals surface area contributed by atoms with E-state index in [9.17, 15) is 24.3 Å². The molecule has 2 aromatic rings. The number of halogens is 4. The lowest BCUT2D eigenvalue weighted by molar-refractivity contribution is -0.150. The van der Waals surface area contributed by atoms with Crippen LogP contribution in [0.2, 0.25) is 15.1 Å². The minimum atomic E-state index is -2.87. The van der Waals surface area contributed by atoms with E-state index in [1.54, 1.807) is 20.8 Å². The van der Waals surface area contributed by atoms with E-state index in [2.05, 4.69) is 10.3 Å². The number of H-pyrrole nitrogens is 1. The zero-order valence-electron chi connectivity index (χ0n) is 23.4. The molecule has 0 unspecified atom stereocenters. The van der Waals surface area contributed by atoms with Gasteiger partial charge in [-0.2, -0.15) is 0 Å². The van der Waals surface area contributed by atoms with Crippen molar-refractivity contribution in [2.24, 2.45) is 11.7 Å². The number of nitrogens with one attached hydrogen (secondary N) is 2. The molecule has 0 bridgehead atoms. The van der Waals surface area contributed by atoms with Crippen LogP contribution in [0, 0.1) is 5.92 Å². The molecule has 2 heterocycles. The summed E-state index contributed by atoms with van der Waals surface area (Å²) in [6.45, 7) is 5.61. The van der Waals surface area contributed by atoms with Crippen LogP contribution in [-0.2, 0) is 20.7 Å². The fraction of sp³-hybridized carbons (Fsp3) is 0.538. The second kappa shape index (κ2) is 13.3. The largest absolute Gasteiger partial charge is 0.493 e. The van der Waals surface area contributed by atoms with Crippen molar-refractivity contribution < 1.29 is 33.3 Å². The van der Waals surface area contributed by atoms with Crippen molar-refractivity contribution in [2.45, 2.75) is 70.4 Å². The Balaban J connectivity index is 1.90. The number of rotatable bonds is 11. The second-order valence-electron chi connectivity index (χ2n) is 10.1. The monoisotopic (exact) mass is 652 g/mol. The summed E-state index contributed by atoms with van der Waals surface area (Å²) in [6.07, 6.45) is -5.99. The summed E-state index contributed by atoms with van der Waals surface area (Å²) >= 11 is 18.5. The number of nitrogens with zero attached hydrogens (tertiary/aromatic N) is 1. The van der Waals surface area contributed by atoms with Crippen LogP contribution in [0.4, 0.5) is 4.39 Å². The molecule has 0 spiro atoms. The number of aliphatic hydroxyl groups is 1. The summed E-state index contributed by atoms with van der Waals surface area (Å²) in [7, 11) is 1.33. The number of amides is 1. The predicted octanol–water partition coefficient (Wildman–Crippen LogP) is 2.17. The minimum Gasteiger partial charge on any atom is -0.493 e. The van der Waals surface area contributed by atoms with Crippen LogP contribution in [-0.4, -0.2) is 70.0 Å². The van der Waals surface area contributed by atoms with Gasteiger partial charge in [-0.05, 0) is 25.3 Å². The highest BCUT2D eigenvalue weighted by atomic mass is 35.5. The molecule has 42 heavy (non-hydrogen) atoms. The molecule has 3 rings (SSSR count). The second-order valence-corrected chi connectivity index (χ2v) is 11.3. The third-order valence-corrected chi connectivity index (χ3v) is 7.90. The van der Waals surface area contributed by atoms with Crippen molar-refractivity contribution >= 4 is 46.5 Å². The lowest BCUT2D eigenvalue weighted by atomic mass is 9.81. The lowest BCUT2D eigenvalue weighted by Crippen LogP contribution is -2.62.